The summed E-state index contributed by atoms with van der Waals surface area (Å²) in [7, 11) is -3.38. The zero-order chi connectivity index (χ0) is 20.6. The molecule has 29 heavy (non-hydrogen) atoms. The summed E-state index contributed by atoms with van der Waals surface area (Å²) in [6, 6.07) is 16.3. The Morgan fingerprint density at radius 1 is 1.07 bits per heavy atom. The highest BCUT2D eigenvalue weighted by Gasteiger charge is 2.32. The van der Waals surface area contributed by atoms with Crippen LogP contribution in [0.2, 0.25) is 0 Å². The van der Waals surface area contributed by atoms with Gasteiger partial charge in [0.1, 0.15) is 0 Å². The van der Waals surface area contributed by atoms with Crippen molar-refractivity contribution in [3.8, 4) is 0 Å². The van der Waals surface area contributed by atoms with Crippen molar-refractivity contribution in [1.82, 2.24) is 8.87 Å². The second-order valence-corrected chi connectivity index (χ2v) is 10.5. The van der Waals surface area contributed by atoms with Crippen LogP contribution in [0.4, 0.5) is 0 Å². The fourth-order valence-corrected chi connectivity index (χ4v) is 6.07. The molecule has 3 atom stereocenters. The summed E-state index contributed by atoms with van der Waals surface area (Å²) in [5, 5.41) is 13.2. The molecule has 1 heterocycles. The molecule has 6 heteroatoms. The number of fused-ring (bicyclic) bond motifs is 3. The van der Waals surface area contributed by atoms with Crippen molar-refractivity contribution in [2.45, 2.75) is 51.3 Å². The topological polar surface area (TPSA) is 62.5 Å². The highest BCUT2D eigenvalue weighted by atomic mass is 32.2. The molecule has 5 nitrogen and oxygen atoms in total. The van der Waals surface area contributed by atoms with Crippen LogP contribution in [0.5, 0.6) is 0 Å². The van der Waals surface area contributed by atoms with E-state index in [9.17, 15) is 13.5 Å². The molecule has 1 aliphatic rings. The average molecular weight is 415 g/mol. The SMILES string of the molecule is CC1CCCC(N(CC(O)Cn2c3ccccc3c3ccccc32)S(C)(=O)=O)C1. The molecule has 0 spiro atoms. The van der Waals surface area contributed by atoms with E-state index in [2.05, 4.69) is 35.8 Å². The number of benzene rings is 2. The Bertz CT molecular complexity index is 1050. The molecule has 3 aromatic rings. The molecular formula is C23H30N2O3S. The molecule has 1 fully saturated rings. The molecule has 0 aliphatic heterocycles. The van der Waals surface area contributed by atoms with E-state index in [0.29, 0.717) is 12.5 Å². The monoisotopic (exact) mass is 414 g/mol. The lowest BCUT2D eigenvalue weighted by Crippen LogP contribution is -2.46. The van der Waals surface area contributed by atoms with Gasteiger partial charge in [-0.05, 0) is 30.9 Å². The van der Waals surface area contributed by atoms with Crippen LogP contribution >= 0.6 is 0 Å². The van der Waals surface area contributed by atoms with Crippen LogP contribution < -0.4 is 0 Å². The first-order chi connectivity index (χ1) is 13.8. The molecule has 1 N–H and O–H groups in total. The predicted molar refractivity (Wildman–Crippen MR) is 118 cm³/mol. The Hall–Kier alpha value is -1.89. The molecular weight excluding hydrogens is 384 g/mol. The molecule has 156 valence electrons. The zero-order valence-corrected chi connectivity index (χ0v) is 18.0. The largest absolute Gasteiger partial charge is 0.390 e. The van der Waals surface area contributed by atoms with E-state index >= 15 is 0 Å². The Morgan fingerprint density at radius 2 is 1.66 bits per heavy atom. The quantitative estimate of drug-likeness (QED) is 0.663. The number of aliphatic hydroxyl groups excluding tert-OH is 1. The molecule has 0 radical (unpaired) electrons. The summed E-state index contributed by atoms with van der Waals surface area (Å²) in [6.07, 6.45) is 4.42. The summed E-state index contributed by atoms with van der Waals surface area (Å²) in [4.78, 5) is 0. The smallest absolute Gasteiger partial charge is 0.211 e. The Balaban J connectivity index is 1.62. The van der Waals surface area contributed by atoms with Gasteiger partial charge in [-0.1, -0.05) is 56.2 Å². The van der Waals surface area contributed by atoms with Gasteiger partial charge in [0, 0.05) is 34.4 Å². The first kappa shape index (κ1) is 20.4. The molecule has 0 amide bonds. The number of para-hydroxylation sites is 2. The van der Waals surface area contributed by atoms with Crippen molar-refractivity contribution in [2.24, 2.45) is 5.92 Å². The van der Waals surface area contributed by atoms with E-state index in [-0.39, 0.29) is 12.6 Å². The minimum absolute atomic E-state index is 0.0125. The lowest BCUT2D eigenvalue weighted by atomic mass is 9.87. The molecule has 0 bridgehead atoms. The second kappa shape index (κ2) is 8.09. The van der Waals surface area contributed by atoms with Gasteiger partial charge < -0.3 is 9.67 Å². The maximum Gasteiger partial charge on any atom is 0.211 e. The van der Waals surface area contributed by atoms with E-state index in [4.69, 9.17) is 0 Å². The highest BCUT2D eigenvalue weighted by molar-refractivity contribution is 7.88. The van der Waals surface area contributed by atoms with Crippen LogP contribution in [0, 0.1) is 5.92 Å². The molecule has 1 aromatic heterocycles. The third kappa shape index (κ3) is 4.20. The molecule has 2 aromatic carbocycles. The first-order valence-electron chi connectivity index (χ1n) is 10.5. The van der Waals surface area contributed by atoms with Gasteiger partial charge >= 0.3 is 0 Å². The maximum absolute atomic E-state index is 12.5. The molecule has 1 saturated carbocycles. The number of aromatic nitrogens is 1. The van der Waals surface area contributed by atoms with Gasteiger partial charge in [0.15, 0.2) is 0 Å². The van der Waals surface area contributed by atoms with Crippen molar-refractivity contribution in [3.63, 3.8) is 0 Å². The van der Waals surface area contributed by atoms with E-state index in [0.717, 1.165) is 47.5 Å². The lowest BCUT2D eigenvalue weighted by Gasteiger charge is -2.36. The second-order valence-electron chi connectivity index (χ2n) is 8.56. The van der Waals surface area contributed by atoms with Gasteiger partial charge in [-0.15, -0.1) is 0 Å². The number of nitrogens with zero attached hydrogens (tertiary/aromatic N) is 2. The maximum atomic E-state index is 12.5. The zero-order valence-electron chi connectivity index (χ0n) is 17.2. The van der Waals surface area contributed by atoms with Gasteiger partial charge in [-0.25, -0.2) is 8.42 Å². The van der Waals surface area contributed by atoms with Crippen LogP contribution in [0.3, 0.4) is 0 Å². The molecule has 1 aliphatic carbocycles. The number of rotatable bonds is 6. The molecule has 3 unspecified atom stereocenters. The van der Waals surface area contributed by atoms with E-state index in [1.54, 1.807) is 4.31 Å². The summed E-state index contributed by atoms with van der Waals surface area (Å²) >= 11 is 0. The Kier molecular flexibility index (Phi) is 5.69. The van der Waals surface area contributed by atoms with E-state index in [1.807, 2.05) is 24.3 Å². The third-order valence-corrected chi connectivity index (χ3v) is 7.51. The fourth-order valence-electron chi connectivity index (χ4n) is 4.90. The van der Waals surface area contributed by atoms with Crippen LogP contribution in [0.25, 0.3) is 21.8 Å². The van der Waals surface area contributed by atoms with E-state index < -0.39 is 16.1 Å². The highest BCUT2D eigenvalue weighted by Crippen LogP contribution is 2.31. The molecule has 4 rings (SSSR count). The molecule has 0 saturated heterocycles. The third-order valence-electron chi connectivity index (χ3n) is 6.21. The van der Waals surface area contributed by atoms with Crippen molar-refractivity contribution in [1.29, 1.82) is 0 Å². The lowest BCUT2D eigenvalue weighted by molar-refractivity contribution is 0.104. The van der Waals surface area contributed by atoms with Crippen molar-refractivity contribution < 1.29 is 13.5 Å². The van der Waals surface area contributed by atoms with Crippen LogP contribution in [0.1, 0.15) is 32.6 Å². The first-order valence-corrected chi connectivity index (χ1v) is 12.3. The predicted octanol–water partition coefficient (Wildman–Crippen LogP) is 4.00. The average Bonchev–Trinajstić information content (AvgIpc) is 2.99. The summed E-state index contributed by atoms with van der Waals surface area (Å²) in [5.41, 5.74) is 2.12. The number of aliphatic hydroxyl groups is 1. The van der Waals surface area contributed by atoms with Crippen molar-refractivity contribution in [3.05, 3.63) is 48.5 Å². The fraction of sp³-hybridized carbons (Fsp3) is 0.478. The minimum Gasteiger partial charge on any atom is -0.390 e. The van der Waals surface area contributed by atoms with E-state index in [1.165, 1.54) is 6.26 Å². The number of sulfonamides is 1. The van der Waals surface area contributed by atoms with Crippen LogP contribution in [-0.2, 0) is 16.6 Å². The van der Waals surface area contributed by atoms with Gasteiger partial charge in [-0.3, -0.25) is 0 Å². The van der Waals surface area contributed by atoms with Crippen molar-refractivity contribution in [2.75, 3.05) is 12.8 Å². The number of hydrogen-bond donors (Lipinski definition) is 1. The Labute approximate surface area is 173 Å². The van der Waals surface area contributed by atoms with Gasteiger partial charge in [0.25, 0.3) is 0 Å². The standard InChI is InChI=1S/C23H30N2O3S/c1-17-8-7-9-18(14-17)25(29(2,27)28)16-19(26)15-24-22-12-5-3-10-20(22)21-11-4-6-13-23(21)24/h3-6,10-13,17-19,26H,7-9,14-16H2,1-2H3. The van der Waals surface area contributed by atoms with Crippen molar-refractivity contribution >= 4 is 31.8 Å². The van der Waals surface area contributed by atoms with Crippen LogP contribution in [-0.4, -0.2) is 47.3 Å². The summed E-state index contributed by atoms with van der Waals surface area (Å²) in [6.45, 7) is 2.68. The summed E-state index contributed by atoms with van der Waals surface area (Å²) < 4.78 is 28.7. The van der Waals surface area contributed by atoms with Crippen LogP contribution in [0.15, 0.2) is 48.5 Å². The summed E-state index contributed by atoms with van der Waals surface area (Å²) in [5.74, 6) is 0.521. The normalized spacial score (nSPS) is 21.8. The minimum atomic E-state index is -3.38. The number of hydrogen-bond acceptors (Lipinski definition) is 3. The van der Waals surface area contributed by atoms with Gasteiger partial charge in [-0.2, -0.15) is 4.31 Å². The van der Waals surface area contributed by atoms with Gasteiger partial charge in [0.2, 0.25) is 10.0 Å². The Morgan fingerprint density at radius 3 is 2.21 bits per heavy atom. The van der Waals surface area contributed by atoms with Gasteiger partial charge in [0.05, 0.1) is 18.9 Å².